The Morgan fingerprint density at radius 1 is 1.03 bits per heavy atom. The molecule has 0 radical (unpaired) electrons. The van der Waals surface area contributed by atoms with Crippen molar-refractivity contribution >= 4 is 28.3 Å². The van der Waals surface area contributed by atoms with Gasteiger partial charge in [0.25, 0.3) is 0 Å². The third kappa shape index (κ3) is 4.10. The van der Waals surface area contributed by atoms with Crippen molar-refractivity contribution < 1.29 is 13.9 Å². The molecule has 4 rings (SSSR count). The number of aromatic nitrogens is 1. The van der Waals surface area contributed by atoms with E-state index in [0.717, 1.165) is 28.6 Å². The van der Waals surface area contributed by atoms with Gasteiger partial charge in [-0.15, -0.1) is 0 Å². The van der Waals surface area contributed by atoms with Gasteiger partial charge < -0.3 is 9.30 Å². The number of carbonyl (C=O) groups excluding carboxylic acids is 1. The molecule has 0 saturated heterocycles. The van der Waals surface area contributed by atoms with E-state index in [1.54, 1.807) is 12.1 Å². The van der Waals surface area contributed by atoms with Gasteiger partial charge in [-0.3, -0.25) is 4.79 Å². The van der Waals surface area contributed by atoms with Crippen molar-refractivity contribution in [2.75, 3.05) is 6.61 Å². The summed E-state index contributed by atoms with van der Waals surface area (Å²) in [4.78, 5) is 13.0. The lowest BCUT2D eigenvalue weighted by Gasteiger charge is -2.09. The molecular weight excluding hydrogens is 401 g/mol. The van der Waals surface area contributed by atoms with Gasteiger partial charge in [0.2, 0.25) is 0 Å². The van der Waals surface area contributed by atoms with Crippen LogP contribution in [-0.4, -0.2) is 17.0 Å². The highest BCUT2D eigenvalue weighted by molar-refractivity contribution is 6.31. The molecule has 0 aliphatic heterocycles. The summed E-state index contributed by atoms with van der Waals surface area (Å²) in [6.45, 7) is 3.15. The van der Waals surface area contributed by atoms with Gasteiger partial charge in [-0.2, -0.15) is 0 Å². The molecule has 0 saturated carbocycles. The summed E-state index contributed by atoms with van der Waals surface area (Å²) < 4.78 is 22.0. The summed E-state index contributed by atoms with van der Waals surface area (Å²) in [5, 5.41) is 1.54. The van der Waals surface area contributed by atoms with Gasteiger partial charge in [0.15, 0.2) is 5.78 Å². The third-order valence-electron chi connectivity index (χ3n) is 5.09. The minimum absolute atomic E-state index is 0.0850. The molecule has 4 aromatic rings. The summed E-state index contributed by atoms with van der Waals surface area (Å²) in [6.07, 6.45) is 2.57. The number of benzene rings is 3. The van der Waals surface area contributed by atoms with Crippen LogP contribution in [-0.2, 0) is 6.54 Å². The van der Waals surface area contributed by atoms with Crippen LogP contribution in [0, 0.1) is 12.7 Å². The second-order valence-corrected chi connectivity index (χ2v) is 7.58. The molecule has 3 nitrogen and oxygen atoms in total. The molecule has 5 heteroatoms. The fourth-order valence-corrected chi connectivity index (χ4v) is 3.65. The van der Waals surface area contributed by atoms with Crippen LogP contribution in [0.15, 0.2) is 72.9 Å². The minimum Gasteiger partial charge on any atom is -0.494 e. The lowest BCUT2D eigenvalue weighted by molar-refractivity contribution is 0.103. The number of hydrogen-bond donors (Lipinski definition) is 0. The number of carbonyl (C=O) groups is 1. The SMILES string of the molecule is Cc1cc(OCCCn2cc(C(=O)c3ccccc3F)c3ccccc32)ccc1Cl. The van der Waals surface area contributed by atoms with Crippen LogP contribution in [0.4, 0.5) is 4.39 Å². The van der Waals surface area contributed by atoms with E-state index >= 15 is 0 Å². The van der Waals surface area contributed by atoms with E-state index in [-0.39, 0.29) is 11.3 Å². The largest absolute Gasteiger partial charge is 0.494 e. The van der Waals surface area contributed by atoms with Crippen molar-refractivity contribution in [2.24, 2.45) is 0 Å². The molecule has 0 aliphatic rings. The smallest absolute Gasteiger partial charge is 0.198 e. The minimum atomic E-state index is -0.508. The summed E-state index contributed by atoms with van der Waals surface area (Å²) in [5.74, 6) is -0.0355. The van der Waals surface area contributed by atoms with Crippen LogP contribution in [0.2, 0.25) is 5.02 Å². The molecule has 3 aromatic carbocycles. The summed E-state index contributed by atoms with van der Waals surface area (Å²) in [5.41, 5.74) is 2.51. The Kier molecular flexibility index (Phi) is 5.86. The first-order valence-electron chi connectivity index (χ1n) is 9.80. The van der Waals surface area contributed by atoms with Crippen LogP contribution < -0.4 is 4.74 Å². The first-order chi connectivity index (χ1) is 14.5. The number of para-hydroxylation sites is 1. The Morgan fingerprint density at radius 2 is 1.80 bits per heavy atom. The number of rotatable bonds is 7. The average molecular weight is 422 g/mol. The normalized spacial score (nSPS) is 11.0. The zero-order chi connectivity index (χ0) is 21.1. The fourth-order valence-electron chi connectivity index (χ4n) is 3.54. The van der Waals surface area contributed by atoms with Crippen molar-refractivity contribution in [1.29, 1.82) is 0 Å². The Bertz CT molecular complexity index is 1210. The Morgan fingerprint density at radius 3 is 2.60 bits per heavy atom. The van der Waals surface area contributed by atoms with Crippen LogP contribution in [0.1, 0.15) is 27.9 Å². The van der Waals surface area contributed by atoms with Crippen molar-refractivity contribution in [1.82, 2.24) is 4.57 Å². The zero-order valence-corrected chi connectivity index (χ0v) is 17.3. The van der Waals surface area contributed by atoms with Crippen molar-refractivity contribution in [2.45, 2.75) is 19.9 Å². The van der Waals surface area contributed by atoms with E-state index in [2.05, 4.69) is 0 Å². The van der Waals surface area contributed by atoms with Crippen LogP contribution >= 0.6 is 11.6 Å². The number of hydrogen-bond acceptors (Lipinski definition) is 2. The summed E-state index contributed by atoms with van der Waals surface area (Å²) >= 11 is 6.05. The molecule has 0 bridgehead atoms. The molecule has 0 unspecified atom stereocenters. The van der Waals surface area contributed by atoms with Gasteiger partial charge in [-0.05, 0) is 55.3 Å². The number of ether oxygens (including phenoxy) is 1. The predicted octanol–water partition coefficient (Wildman–Crippen LogP) is 6.44. The molecule has 0 N–H and O–H groups in total. The van der Waals surface area contributed by atoms with Crippen LogP contribution in [0.3, 0.4) is 0 Å². The van der Waals surface area contributed by atoms with Crippen LogP contribution in [0.25, 0.3) is 10.9 Å². The van der Waals surface area contributed by atoms with Gasteiger partial charge in [0.05, 0.1) is 12.2 Å². The van der Waals surface area contributed by atoms with E-state index in [1.807, 2.05) is 60.2 Å². The zero-order valence-electron chi connectivity index (χ0n) is 16.6. The highest BCUT2D eigenvalue weighted by Crippen LogP contribution is 2.25. The maximum atomic E-state index is 14.1. The highest BCUT2D eigenvalue weighted by Gasteiger charge is 2.19. The maximum absolute atomic E-state index is 14.1. The van der Waals surface area contributed by atoms with Gasteiger partial charge in [0.1, 0.15) is 11.6 Å². The van der Waals surface area contributed by atoms with Crippen molar-refractivity contribution in [3.05, 3.63) is 100 Å². The summed E-state index contributed by atoms with van der Waals surface area (Å²) in [7, 11) is 0. The fraction of sp³-hybridized carbons (Fsp3) is 0.160. The van der Waals surface area contributed by atoms with Crippen molar-refractivity contribution in [3.63, 3.8) is 0 Å². The lowest BCUT2D eigenvalue weighted by Crippen LogP contribution is -2.05. The second kappa shape index (κ2) is 8.72. The molecule has 1 heterocycles. The van der Waals surface area contributed by atoms with Gasteiger partial charge >= 0.3 is 0 Å². The topological polar surface area (TPSA) is 31.2 Å². The van der Waals surface area contributed by atoms with Gasteiger partial charge in [0, 0.05) is 34.2 Å². The Labute approximate surface area is 179 Å². The van der Waals surface area contributed by atoms with E-state index in [4.69, 9.17) is 16.3 Å². The Balaban J connectivity index is 1.51. The third-order valence-corrected chi connectivity index (χ3v) is 5.52. The average Bonchev–Trinajstić information content (AvgIpc) is 3.12. The first kappa shape index (κ1) is 20.2. The molecule has 152 valence electrons. The van der Waals surface area contributed by atoms with E-state index in [1.165, 1.54) is 12.1 Å². The molecule has 0 amide bonds. The second-order valence-electron chi connectivity index (χ2n) is 7.18. The lowest BCUT2D eigenvalue weighted by atomic mass is 10.0. The maximum Gasteiger partial charge on any atom is 0.198 e. The molecule has 1 aromatic heterocycles. The van der Waals surface area contributed by atoms with Gasteiger partial charge in [-0.1, -0.05) is 41.9 Å². The number of aryl methyl sites for hydroxylation is 2. The summed E-state index contributed by atoms with van der Waals surface area (Å²) in [6, 6.07) is 19.4. The first-order valence-corrected chi connectivity index (χ1v) is 10.2. The number of fused-ring (bicyclic) bond motifs is 1. The highest BCUT2D eigenvalue weighted by atomic mass is 35.5. The number of nitrogens with zero attached hydrogens (tertiary/aromatic N) is 1. The Hall–Kier alpha value is -3.11. The molecule has 0 atom stereocenters. The molecule has 0 fully saturated rings. The van der Waals surface area contributed by atoms with Gasteiger partial charge in [-0.25, -0.2) is 4.39 Å². The quantitative estimate of drug-likeness (QED) is 0.254. The van der Waals surface area contributed by atoms with Crippen molar-refractivity contribution in [3.8, 4) is 5.75 Å². The molecule has 0 aliphatic carbocycles. The number of ketones is 1. The number of halogens is 2. The van der Waals surface area contributed by atoms with E-state index in [0.29, 0.717) is 23.7 Å². The van der Waals surface area contributed by atoms with Crippen LogP contribution in [0.5, 0.6) is 5.75 Å². The monoisotopic (exact) mass is 421 g/mol. The standard InChI is InChI=1S/C25H21ClFNO2/c1-17-15-18(11-12-22(17)26)30-14-6-13-28-16-21(19-7-3-5-10-24(19)28)25(29)20-8-2-4-9-23(20)27/h2-5,7-12,15-16H,6,13-14H2,1H3. The molecule has 0 spiro atoms. The van der Waals surface area contributed by atoms with E-state index < -0.39 is 5.82 Å². The molecular formula is C25H21ClFNO2. The van der Waals surface area contributed by atoms with E-state index in [9.17, 15) is 9.18 Å². The molecule has 30 heavy (non-hydrogen) atoms. The predicted molar refractivity (Wildman–Crippen MR) is 118 cm³/mol.